The molecular formula is C30H34Cl2N4O3. The van der Waals surface area contributed by atoms with Crippen molar-refractivity contribution < 1.29 is 14.3 Å². The van der Waals surface area contributed by atoms with E-state index in [9.17, 15) is 9.59 Å². The monoisotopic (exact) mass is 568 g/mol. The molecule has 4 heterocycles. The van der Waals surface area contributed by atoms with Crippen LogP contribution in [0, 0.1) is 11.8 Å². The fourth-order valence-corrected chi connectivity index (χ4v) is 4.84. The summed E-state index contributed by atoms with van der Waals surface area (Å²) in [4.78, 5) is 36.7. The molecule has 2 aromatic heterocycles. The van der Waals surface area contributed by atoms with Crippen molar-refractivity contribution in [3.05, 3.63) is 82.2 Å². The van der Waals surface area contributed by atoms with Crippen LogP contribution in [-0.4, -0.2) is 57.8 Å². The lowest BCUT2D eigenvalue weighted by atomic mass is 9.99. The predicted octanol–water partition coefficient (Wildman–Crippen LogP) is 7.01. The van der Waals surface area contributed by atoms with Crippen LogP contribution in [0.4, 0.5) is 0 Å². The Morgan fingerprint density at radius 3 is 1.77 bits per heavy atom. The molecule has 2 saturated heterocycles. The Morgan fingerprint density at radius 2 is 1.23 bits per heavy atom. The van der Waals surface area contributed by atoms with Crippen LogP contribution in [0.3, 0.4) is 0 Å². The number of likely N-dealkylation sites (tertiary alicyclic amines) is 2. The van der Waals surface area contributed by atoms with Gasteiger partial charge in [0, 0.05) is 32.2 Å². The van der Waals surface area contributed by atoms with Crippen molar-refractivity contribution in [2.75, 3.05) is 26.2 Å². The lowest BCUT2D eigenvalue weighted by Crippen LogP contribution is -2.38. The van der Waals surface area contributed by atoms with Crippen LogP contribution in [-0.2, 0) is 0 Å². The number of hydrogen-bond donors (Lipinski definition) is 0. The van der Waals surface area contributed by atoms with Crippen molar-refractivity contribution in [1.29, 1.82) is 0 Å². The molecule has 39 heavy (non-hydrogen) atoms. The standard InChI is InChI=1S/C18H19ClN2O2.C12H15ClN2O/c1-13-9-11-21(12-10-13)18(22)15-6-4-8-17(20-15)23-16-7-3-2-5-14(16)19;1-9-5-7-15(8-6-9)12(16)10-3-2-4-11(13)14-10/h2-8,13H,9-12H2,1H3;2-4,9H,5-8H2,1H3. The highest BCUT2D eigenvalue weighted by atomic mass is 35.5. The largest absolute Gasteiger partial charge is 0.437 e. The first-order valence-corrected chi connectivity index (χ1v) is 14.2. The summed E-state index contributed by atoms with van der Waals surface area (Å²) in [5.41, 5.74) is 0.853. The average Bonchev–Trinajstić information content (AvgIpc) is 2.95. The third kappa shape index (κ3) is 8.16. The Morgan fingerprint density at radius 1 is 0.718 bits per heavy atom. The summed E-state index contributed by atoms with van der Waals surface area (Å²) >= 11 is 11.9. The van der Waals surface area contributed by atoms with E-state index in [1.807, 2.05) is 21.9 Å². The van der Waals surface area contributed by atoms with E-state index in [-0.39, 0.29) is 11.8 Å². The molecule has 0 radical (unpaired) electrons. The summed E-state index contributed by atoms with van der Waals surface area (Å²) in [6.45, 7) is 7.68. The van der Waals surface area contributed by atoms with Gasteiger partial charge >= 0.3 is 0 Å². The molecule has 1 aromatic carbocycles. The molecule has 2 fully saturated rings. The van der Waals surface area contributed by atoms with Gasteiger partial charge in [-0.3, -0.25) is 9.59 Å². The second-order valence-electron chi connectivity index (χ2n) is 10.2. The number of carbonyl (C=O) groups excluding carboxylic acids is 2. The van der Waals surface area contributed by atoms with Crippen LogP contribution in [0.25, 0.3) is 0 Å². The van der Waals surface area contributed by atoms with E-state index in [0.717, 1.165) is 57.8 Å². The molecule has 9 heteroatoms. The number of piperidine rings is 2. The van der Waals surface area contributed by atoms with E-state index in [0.29, 0.717) is 39.1 Å². The van der Waals surface area contributed by atoms with E-state index < -0.39 is 0 Å². The van der Waals surface area contributed by atoms with Gasteiger partial charge in [-0.15, -0.1) is 0 Å². The van der Waals surface area contributed by atoms with E-state index in [1.54, 1.807) is 48.5 Å². The molecule has 5 rings (SSSR count). The summed E-state index contributed by atoms with van der Waals surface area (Å²) in [6, 6.07) is 17.6. The van der Waals surface area contributed by atoms with Crippen molar-refractivity contribution in [1.82, 2.24) is 19.8 Å². The SMILES string of the molecule is CC1CCN(C(=O)c2cccc(Cl)n2)CC1.CC1CCN(C(=O)c2cccc(Oc3ccccc3Cl)n2)CC1. The van der Waals surface area contributed by atoms with E-state index >= 15 is 0 Å². The quantitative estimate of drug-likeness (QED) is 0.316. The maximum atomic E-state index is 12.6. The van der Waals surface area contributed by atoms with Gasteiger partial charge in [-0.25, -0.2) is 9.97 Å². The molecule has 0 saturated carbocycles. The summed E-state index contributed by atoms with van der Waals surface area (Å²) in [5.74, 6) is 2.25. The minimum absolute atomic E-state index is 0.00519. The molecule has 0 atom stereocenters. The van der Waals surface area contributed by atoms with Gasteiger partial charge < -0.3 is 14.5 Å². The molecule has 3 aromatic rings. The van der Waals surface area contributed by atoms with Gasteiger partial charge in [0.1, 0.15) is 22.3 Å². The van der Waals surface area contributed by atoms with Gasteiger partial charge in [0.15, 0.2) is 0 Å². The van der Waals surface area contributed by atoms with Gasteiger partial charge in [0.05, 0.1) is 5.02 Å². The van der Waals surface area contributed by atoms with Crippen molar-refractivity contribution >= 4 is 35.0 Å². The lowest BCUT2D eigenvalue weighted by molar-refractivity contribution is 0.0683. The number of aromatic nitrogens is 2. The summed E-state index contributed by atoms with van der Waals surface area (Å²) < 4.78 is 5.69. The molecule has 7 nitrogen and oxygen atoms in total. The topological polar surface area (TPSA) is 75.6 Å². The molecule has 2 aliphatic rings. The zero-order valence-electron chi connectivity index (χ0n) is 22.4. The highest BCUT2D eigenvalue weighted by molar-refractivity contribution is 6.32. The molecule has 2 aliphatic heterocycles. The van der Waals surface area contributed by atoms with Gasteiger partial charge in [0.2, 0.25) is 5.88 Å². The normalized spacial score (nSPS) is 16.3. The van der Waals surface area contributed by atoms with Crippen LogP contribution in [0.1, 0.15) is 60.5 Å². The first-order chi connectivity index (χ1) is 18.8. The fraction of sp³-hybridized carbons (Fsp3) is 0.400. The van der Waals surface area contributed by atoms with Gasteiger partial charge in [0.25, 0.3) is 11.8 Å². The number of para-hydroxylation sites is 1. The number of rotatable bonds is 4. The minimum atomic E-state index is -0.0403. The zero-order valence-corrected chi connectivity index (χ0v) is 23.9. The third-order valence-corrected chi connectivity index (χ3v) is 7.59. The summed E-state index contributed by atoms with van der Waals surface area (Å²) in [5, 5.41) is 0.882. The Balaban J connectivity index is 0.000000193. The Bertz CT molecular complexity index is 1270. The predicted molar refractivity (Wildman–Crippen MR) is 154 cm³/mol. The van der Waals surface area contributed by atoms with Crippen LogP contribution in [0.5, 0.6) is 11.6 Å². The van der Waals surface area contributed by atoms with Gasteiger partial charge in [-0.2, -0.15) is 0 Å². The summed E-state index contributed by atoms with van der Waals surface area (Å²) in [7, 11) is 0. The van der Waals surface area contributed by atoms with Crippen molar-refractivity contribution in [3.63, 3.8) is 0 Å². The molecule has 0 aliphatic carbocycles. The number of amides is 2. The number of ether oxygens (including phenoxy) is 1. The second kappa shape index (κ2) is 13.8. The number of halogens is 2. The number of hydrogen-bond acceptors (Lipinski definition) is 5. The molecule has 2 amide bonds. The lowest BCUT2D eigenvalue weighted by Gasteiger charge is -2.30. The van der Waals surface area contributed by atoms with Gasteiger partial charge in [-0.05, 0) is 67.9 Å². The number of benzene rings is 1. The van der Waals surface area contributed by atoms with Crippen LogP contribution >= 0.6 is 23.2 Å². The van der Waals surface area contributed by atoms with Crippen molar-refractivity contribution in [3.8, 4) is 11.6 Å². The first-order valence-electron chi connectivity index (χ1n) is 13.4. The van der Waals surface area contributed by atoms with E-state index in [4.69, 9.17) is 27.9 Å². The zero-order chi connectivity index (χ0) is 27.8. The second-order valence-corrected chi connectivity index (χ2v) is 11.0. The van der Waals surface area contributed by atoms with Gasteiger partial charge in [-0.1, -0.05) is 61.3 Å². The number of pyridine rings is 2. The minimum Gasteiger partial charge on any atom is -0.437 e. The van der Waals surface area contributed by atoms with Crippen LogP contribution < -0.4 is 4.74 Å². The third-order valence-electron chi connectivity index (χ3n) is 7.07. The van der Waals surface area contributed by atoms with E-state index in [1.165, 1.54) is 0 Å². The molecule has 0 spiro atoms. The average molecular weight is 570 g/mol. The first kappa shape index (κ1) is 28.8. The van der Waals surface area contributed by atoms with Crippen LogP contribution in [0.2, 0.25) is 10.2 Å². The Hall–Kier alpha value is -3.16. The summed E-state index contributed by atoms with van der Waals surface area (Å²) in [6.07, 6.45) is 4.24. The molecule has 206 valence electrons. The van der Waals surface area contributed by atoms with Crippen molar-refractivity contribution in [2.24, 2.45) is 11.8 Å². The smallest absolute Gasteiger partial charge is 0.272 e. The highest BCUT2D eigenvalue weighted by Gasteiger charge is 2.23. The number of carbonyl (C=O) groups is 2. The maximum absolute atomic E-state index is 12.6. The fourth-order valence-electron chi connectivity index (χ4n) is 4.51. The Kier molecular flexibility index (Phi) is 10.2. The molecular weight excluding hydrogens is 535 g/mol. The maximum Gasteiger partial charge on any atom is 0.272 e. The molecule has 0 unspecified atom stereocenters. The molecule has 0 N–H and O–H groups in total. The number of nitrogens with zero attached hydrogens (tertiary/aromatic N) is 4. The van der Waals surface area contributed by atoms with Crippen LogP contribution in [0.15, 0.2) is 60.7 Å². The van der Waals surface area contributed by atoms with E-state index in [2.05, 4.69) is 23.8 Å². The van der Waals surface area contributed by atoms with Crippen molar-refractivity contribution in [2.45, 2.75) is 39.5 Å². The highest BCUT2D eigenvalue weighted by Crippen LogP contribution is 2.28. The Labute approximate surface area is 240 Å². The molecule has 0 bridgehead atoms.